The number of carboxylic acids is 1. The van der Waals surface area contributed by atoms with Crippen LogP contribution in [-0.2, 0) is 9.53 Å². The maximum absolute atomic E-state index is 12.8. The second-order valence-electron chi connectivity index (χ2n) is 6.51. The van der Waals surface area contributed by atoms with Crippen molar-refractivity contribution in [2.45, 2.75) is 6.10 Å². The topological polar surface area (TPSA) is 86.2 Å². The predicted octanol–water partition coefficient (Wildman–Crippen LogP) is 1.28. The minimum atomic E-state index is -0.875. The smallest absolute Gasteiger partial charge is 0.317 e. The first-order chi connectivity index (χ1) is 12.3. The van der Waals surface area contributed by atoms with Crippen LogP contribution in [-0.4, -0.2) is 91.8 Å². The van der Waals surface area contributed by atoms with Crippen molar-refractivity contribution < 1.29 is 19.4 Å². The summed E-state index contributed by atoms with van der Waals surface area (Å²) in [4.78, 5) is 35.2. The average molecular weight is 399 g/mol. The highest BCUT2D eigenvalue weighted by Crippen LogP contribution is 2.34. The lowest BCUT2D eigenvalue weighted by molar-refractivity contribution is -0.138. The third-order valence-electron chi connectivity index (χ3n) is 4.02. The Morgan fingerprint density at radius 2 is 2.15 bits per heavy atom. The normalized spacial score (nSPS) is 17.8. The van der Waals surface area contributed by atoms with Crippen molar-refractivity contribution >= 4 is 49.2 Å². The Hall–Kier alpha value is -1.75. The summed E-state index contributed by atoms with van der Waals surface area (Å²) in [5.74, 6) is -0.889. The quantitative estimate of drug-likeness (QED) is 0.784. The summed E-state index contributed by atoms with van der Waals surface area (Å²) >= 11 is 2.99. The van der Waals surface area contributed by atoms with Gasteiger partial charge < -0.3 is 19.6 Å². The van der Waals surface area contributed by atoms with Crippen LogP contribution >= 0.6 is 22.7 Å². The molecule has 8 nitrogen and oxygen atoms in total. The Labute approximate surface area is 159 Å². The average Bonchev–Trinajstić information content (AvgIpc) is 3.12. The van der Waals surface area contributed by atoms with Crippen molar-refractivity contribution in [1.29, 1.82) is 0 Å². The highest BCUT2D eigenvalue weighted by atomic mass is 32.1. The number of hydrogen-bond donors (Lipinski definition) is 1. The monoisotopic (exact) mass is 398 g/mol. The van der Waals surface area contributed by atoms with Crippen molar-refractivity contribution in [2.75, 3.05) is 58.8 Å². The molecule has 2 aromatic heterocycles. The van der Waals surface area contributed by atoms with Crippen LogP contribution in [0.5, 0.6) is 0 Å². The molecule has 0 aromatic carbocycles. The lowest BCUT2D eigenvalue weighted by atomic mass is 10.2. The van der Waals surface area contributed by atoms with E-state index in [0.29, 0.717) is 31.1 Å². The third-order valence-corrected chi connectivity index (χ3v) is 6.33. The molecule has 1 fully saturated rings. The molecule has 0 saturated carbocycles. The zero-order chi connectivity index (χ0) is 18.8. The summed E-state index contributed by atoms with van der Waals surface area (Å²) in [7, 11) is 5.63. The fourth-order valence-corrected chi connectivity index (χ4v) is 4.94. The molecule has 1 aliphatic heterocycles. The lowest BCUT2D eigenvalue weighted by Gasteiger charge is -2.34. The number of carbonyl (C=O) groups is 2. The van der Waals surface area contributed by atoms with Crippen LogP contribution in [0, 0.1) is 0 Å². The van der Waals surface area contributed by atoms with E-state index < -0.39 is 5.97 Å². The highest BCUT2D eigenvalue weighted by molar-refractivity contribution is 7.29. The van der Waals surface area contributed by atoms with Gasteiger partial charge in [-0.15, -0.1) is 11.3 Å². The van der Waals surface area contributed by atoms with Gasteiger partial charge in [-0.25, -0.2) is 4.98 Å². The van der Waals surface area contributed by atoms with E-state index in [9.17, 15) is 9.59 Å². The summed E-state index contributed by atoms with van der Waals surface area (Å²) in [5, 5.41) is 9.78. The number of fused-ring (bicyclic) bond motifs is 1. The number of thiazole rings is 1. The number of amides is 1. The Balaban J connectivity index is 1.65. The summed E-state index contributed by atoms with van der Waals surface area (Å²) in [6, 6.07) is 1.91. The van der Waals surface area contributed by atoms with Gasteiger partial charge in [0.2, 0.25) is 0 Å². The first-order valence-electron chi connectivity index (χ1n) is 8.22. The molecule has 10 heteroatoms. The van der Waals surface area contributed by atoms with Gasteiger partial charge in [0, 0.05) is 33.7 Å². The van der Waals surface area contributed by atoms with Gasteiger partial charge in [-0.2, -0.15) is 0 Å². The molecule has 3 rings (SSSR count). The number of morpholine rings is 1. The molecule has 1 amide bonds. The standard InChI is InChI=1S/C16H22N4O4S2/c1-18(2)16-17-14-11(26-16)6-12(25-14)15(23)20-4-5-24-10(8-20)7-19(3)9-13(21)22/h6,10H,4-5,7-9H2,1-3H3,(H,21,22). The van der Waals surface area contributed by atoms with Crippen LogP contribution in [0.3, 0.4) is 0 Å². The summed E-state index contributed by atoms with van der Waals surface area (Å²) in [6.07, 6.45) is -0.184. The Morgan fingerprint density at radius 3 is 2.81 bits per heavy atom. The van der Waals surface area contributed by atoms with Crippen LogP contribution in [0.15, 0.2) is 6.07 Å². The molecule has 1 N–H and O–H groups in total. The second kappa shape index (κ2) is 7.87. The number of carbonyl (C=O) groups excluding carboxylic acids is 1. The predicted molar refractivity (Wildman–Crippen MR) is 103 cm³/mol. The van der Waals surface area contributed by atoms with Crippen LogP contribution in [0.25, 0.3) is 9.53 Å². The van der Waals surface area contributed by atoms with E-state index in [1.165, 1.54) is 11.3 Å². The van der Waals surface area contributed by atoms with E-state index in [0.717, 1.165) is 14.7 Å². The van der Waals surface area contributed by atoms with Gasteiger partial charge in [-0.05, 0) is 13.1 Å². The molecule has 3 heterocycles. The van der Waals surface area contributed by atoms with Gasteiger partial charge in [-0.1, -0.05) is 11.3 Å². The molecular formula is C16H22N4O4S2. The van der Waals surface area contributed by atoms with Gasteiger partial charge in [0.25, 0.3) is 5.91 Å². The summed E-state index contributed by atoms with van der Waals surface area (Å²) in [6.45, 7) is 1.89. The first-order valence-corrected chi connectivity index (χ1v) is 9.85. The Kier molecular flexibility index (Phi) is 5.76. The van der Waals surface area contributed by atoms with Crippen molar-refractivity contribution in [3.05, 3.63) is 10.9 Å². The first kappa shape index (κ1) is 19.0. The maximum Gasteiger partial charge on any atom is 0.317 e. The van der Waals surface area contributed by atoms with E-state index in [4.69, 9.17) is 9.84 Å². The zero-order valence-corrected chi connectivity index (χ0v) is 16.6. The van der Waals surface area contributed by atoms with Gasteiger partial charge in [0.1, 0.15) is 4.83 Å². The molecule has 1 unspecified atom stereocenters. The van der Waals surface area contributed by atoms with Crippen molar-refractivity contribution in [3.8, 4) is 0 Å². The minimum Gasteiger partial charge on any atom is -0.480 e. The van der Waals surface area contributed by atoms with Crippen molar-refractivity contribution in [3.63, 3.8) is 0 Å². The molecule has 142 valence electrons. The van der Waals surface area contributed by atoms with Crippen molar-refractivity contribution in [1.82, 2.24) is 14.8 Å². The number of aromatic nitrogens is 1. The molecular weight excluding hydrogens is 376 g/mol. The van der Waals surface area contributed by atoms with E-state index in [1.54, 1.807) is 28.2 Å². The molecule has 1 atom stereocenters. The number of nitrogens with zero attached hydrogens (tertiary/aromatic N) is 4. The molecule has 0 radical (unpaired) electrons. The number of carboxylic acid groups (broad SMARTS) is 1. The fraction of sp³-hybridized carbons (Fsp3) is 0.562. The number of thiophene rings is 1. The van der Waals surface area contributed by atoms with E-state index in [1.807, 2.05) is 25.1 Å². The summed E-state index contributed by atoms with van der Waals surface area (Å²) in [5.41, 5.74) is 0. The molecule has 2 aromatic rings. The molecule has 1 saturated heterocycles. The number of anilines is 1. The maximum atomic E-state index is 12.8. The molecule has 0 spiro atoms. The van der Waals surface area contributed by atoms with Crippen LogP contribution < -0.4 is 4.90 Å². The fourth-order valence-electron chi connectivity index (χ4n) is 2.83. The number of hydrogen-bond acceptors (Lipinski definition) is 8. The second-order valence-corrected chi connectivity index (χ2v) is 8.55. The summed E-state index contributed by atoms with van der Waals surface area (Å²) < 4.78 is 6.71. The van der Waals surface area contributed by atoms with E-state index in [-0.39, 0.29) is 18.6 Å². The van der Waals surface area contributed by atoms with Crippen LogP contribution in [0.1, 0.15) is 9.67 Å². The van der Waals surface area contributed by atoms with Gasteiger partial charge in [0.15, 0.2) is 5.13 Å². The SMILES string of the molecule is CN(CC(=O)O)CC1CN(C(=O)c2cc3sc(N(C)C)nc3s2)CCO1. The van der Waals surface area contributed by atoms with E-state index >= 15 is 0 Å². The third kappa shape index (κ3) is 4.32. The van der Waals surface area contributed by atoms with Gasteiger partial charge >= 0.3 is 5.97 Å². The van der Waals surface area contributed by atoms with Crippen LogP contribution in [0.4, 0.5) is 5.13 Å². The number of rotatable bonds is 6. The number of likely N-dealkylation sites (N-methyl/N-ethyl adjacent to an activating group) is 1. The molecule has 26 heavy (non-hydrogen) atoms. The lowest BCUT2D eigenvalue weighted by Crippen LogP contribution is -2.49. The zero-order valence-electron chi connectivity index (χ0n) is 15.0. The van der Waals surface area contributed by atoms with E-state index in [2.05, 4.69) is 4.98 Å². The molecule has 0 aliphatic carbocycles. The van der Waals surface area contributed by atoms with Crippen LogP contribution in [0.2, 0.25) is 0 Å². The van der Waals surface area contributed by atoms with Crippen molar-refractivity contribution in [2.24, 2.45) is 0 Å². The van der Waals surface area contributed by atoms with Gasteiger partial charge in [-0.3, -0.25) is 14.5 Å². The molecule has 0 bridgehead atoms. The van der Waals surface area contributed by atoms with Gasteiger partial charge in [0.05, 0.1) is 28.8 Å². The largest absolute Gasteiger partial charge is 0.480 e. The Bertz CT molecular complexity index is 772. The number of aliphatic carboxylic acids is 1. The molecule has 1 aliphatic rings. The minimum absolute atomic E-state index is 0.0132. The Morgan fingerprint density at radius 1 is 1.38 bits per heavy atom. The number of ether oxygens (including phenoxy) is 1. The highest BCUT2D eigenvalue weighted by Gasteiger charge is 2.27.